The van der Waals surface area contributed by atoms with Crippen molar-refractivity contribution in [2.24, 2.45) is 0 Å². The van der Waals surface area contributed by atoms with Crippen molar-refractivity contribution in [3.63, 3.8) is 0 Å². The number of aliphatic carboxylic acids is 1. The Kier molecular flexibility index (Phi) is 6.69. The van der Waals surface area contributed by atoms with Gasteiger partial charge in [0.25, 0.3) is 0 Å². The minimum Gasteiger partial charge on any atom is -0.480 e. The van der Waals surface area contributed by atoms with E-state index in [1.54, 1.807) is 18.2 Å². The summed E-state index contributed by atoms with van der Waals surface area (Å²) in [6, 6.07) is 2.78. The number of urea groups is 1. The standard InChI is InChI=1S/C12H12ClIN2O5/c1-21-10(17)5-9(11(18)19)16-12(20)15-8-3-2-6(14)4-7(8)13/h2-4,9H,5H2,1H3,(H,18,19)(H2,15,16,20)/t9-/m0/s1. The van der Waals surface area contributed by atoms with Crippen molar-refractivity contribution >= 4 is 57.8 Å². The number of ether oxygens (including phenoxy) is 1. The quantitative estimate of drug-likeness (QED) is 0.494. The van der Waals surface area contributed by atoms with Crippen LogP contribution in [0.15, 0.2) is 18.2 Å². The number of methoxy groups -OCH3 is 1. The highest BCUT2D eigenvalue weighted by atomic mass is 127. The molecule has 0 saturated heterocycles. The maximum absolute atomic E-state index is 11.7. The van der Waals surface area contributed by atoms with Crippen LogP contribution >= 0.6 is 34.2 Å². The molecule has 1 aromatic rings. The van der Waals surface area contributed by atoms with Gasteiger partial charge >= 0.3 is 18.0 Å². The van der Waals surface area contributed by atoms with E-state index in [2.05, 4.69) is 38.0 Å². The van der Waals surface area contributed by atoms with Crippen molar-refractivity contribution in [3.05, 3.63) is 26.8 Å². The molecule has 0 unspecified atom stereocenters. The number of benzene rings is 1. The number of carbonyl (C=O) groups is 3. The highest BCUT2D eigenvalue weighted by Gasteiger charge is 2.23. The first-order valence-electron chi connectivity index (χ1n) is 5.65. The van der Waals surface area contributed by atoms with Gasteiger partial charge < -0.3 is 20.5 Å². The third kappa shape index (κ3) is 5.76. The van der Waals surface area contributed by atoms with Crippen LogP contribution in [0.4, 0.5) is 10.5 Å². The summed E-state index contributed by atoms with van der Waals surface area (Å²) in [4.78, 5) is 33.8. The molecule has 2 amide bonds. The fourth-order valence-electron chi connectivity index (χ4n) is 1.36. The smallest absolute Gasteiger partial charge is 0.326 e. The summed E-state index contributed by atoms with van der Waals surface area (Å²) >= 11 is 8.00. The molecule has 0 spiro atoms. The second-order valence-corrected chi connectivity index (χ2v) is 5.55. The molecule has 0 fully saturated rings. The number of anilines is 1. The Labute approximate surface area is 139 Å². The van der Waals surface area contributed by atoms with Crippen LogP contribution in [0.3, 0.4) is 0 Å². The molecule has 0 bridgehead atoms. The number of hydrogen-bond donors (Lipinski definition) is 3. The largest absolute Gasteiger partial charge is 0.480 e. The van der Waals surface area contributed by atoms with E-state index in [0.717, 1.165) is 10.7 Å². The Bertz CT molecular complexity index is 567. The second-order valence-electron chi connectivity index (χ2n) is 3.89. The third-order valence-electron chi connectivity index (χ3n) is 2.38. The normalized spacial score (nSPS) is 11.4. The van der Waals surface area contributed by atoms with E-state index >= 15 is 0 Å². The number of esters is 1. The predicted octanol–water partition coefficient (Wildman–Crippen LogP) is 2.08. The lowest BCUT2D eigenvalue weighted by Crippen LogP contribution is -2.44. The van der Waals surface area contributed by atoms with E-state index in [1.165, 1.54) is 0 Å². The minimum atomic E-state index is -1.39. The van der Waals surface area contributed by atoms with E-state index in [0.29, 0.717) is 10.7 Å². The molecular formula is C12H12ClIN2O5. The topological polar surface area (TPSA) is 105 Å². The zero-order chi connectivity index (χ0) is 16.0. The van der Waals surface area contributed by atoms with Crippen LogP contribution in [0.25, 0.3) is 0 Å². The molecule has 9 heteroatoms. The number of hydrogen-bond acceptors (Lipinski definition) is 4. The maximum atomic E-state index is 11.7. The molecule has 0 aromatic heterocycles. The van der Waals surface area contributed by atoms with Gasteiger partial charge in [0.15, 0.2) is 0 Å². The van der Waals surface area contributed by atoms with Gasteiger partial charge in [-0.3, -0.25) is 4.79 Å². The van der Waals surface area contributed by atoms with Gasteiger partial charge in [0.05, 0.1) is 24.2 Å². The highest BCUT2D eigenvalue weighted by Crippen LogP contribution is 2.23. The number of nitrogens with one attached hydrogen (secondary N) is 2. The lowest BCUT2D eigenvalue weighted by molar-refractivity contribution is -0.147. The van der Waals surface area contributed by atoms with E-state index < -0.39 is 30.4 Å². The first kappa shape index (κ1) is 17.5. The van der Waals surface area contributed by atoms with Crippen molar-refractivity contribution in [2.75, 3.05) is 12.4 Å². The molecule has 21 heavy (non-hydrogen) atoms. The number of amides is 2. The molecule has 0 aliphatic rings. The molecule has 0 radical (unpaired) electrons. The van der Waals surface area contributed by atoms with E-state index in [-0.39, 0.29) is 0 Å². The van der Waals surface area contributed by atoms with Gasteiger partial charge in [0.1, 0.15) is 6.04 Å². The molecule has 0 aliphatic heterocycles. The molecule has 3 N–H and O–H groups in total. The van der Waals surface area contributed by atoms with E-state index in [1.807, 2.05) is 0 Å². The Morgan fingerprint density at radius 1 is 1.43 bits per heavy atom. The summed E-state index contributed by atoms with van der Waals surface area (Å²) in [6.07, 6.45) is -0.473. The number of rotatable bonds is 5. The van der Waals surface area contributed by atoms with Crippen molar-refractivity contribution in [1.29, 1.82) is 0 Å². The fourth-order valence-corrected chi connectivity index (χ4v) is 2.26. The highest BCUT2D eigenvalue weighted by molar-refractivity contribution is 14.1. The summed E-state index contributed by atoms with van der Waals surface area (Å²) in [5, 5.41) is 13.8. The van der Waals surface area contributed by atoms with Crippen LogP contribution in [0.2, 0.25) is 5.02 Å². The van der Waals surface area contributed by atoms with Gasteiger partial charge in [0, 0.05) is 3.57 Å². The number of carbonyl (C=O) groups excluding carboxylic acids is 2. The Hall–Kier alpha value is -1.55. The summed E-state index contributed by atoms with van der Waals surface area (Å²) in [5.41, 5.74) is 0.330. The molecule has 1 aromatic carbocycles. The second kappa shape index (κ2) is 8.03. The molecular weight excluding hydrogens is 414 g/mol. The molecule has 0 heterocycles. The van der Waals surface area contributed by atoms with Crippen LogP contribution in [-0.4, -0.2) is 36.2 Å². The van der Waals surface area contributed by atoms with Gasteiger partial charge in [-0.15, -0.1) is 0 Å². The molecule has 0 saturated carbocycles. The van der Waals surface area contributed by atoms with E-state index in [9.17, 15) is 14.4 Å². The number of halogens is 2. The van der Waals surface area contributed by atoms with Gasteiger partial charge in [-0.2, -0.15) is 0 Å². The van der Waals surface area contributed by atoms with Gasteiger partial charge in [0.2, 0.25) is 0 Å². The van der Waals surface area contributed by atoms with Crippen LogP contribution in [0, 0.1) is 3.57 Å². The Morgan fingerprint density at radius 2 is 2.10 bits per heavy atom. The maximum Gasteiger partial charge on any atom is 0.326 e. The summed E-state index contributed by atoms with van der Waals surface area (Å²) in [5.74, 6) is -2.08. The average molecular weight is 427 g/mol. The van der Waals surface area contributed by atoms with E-state index in [4.69, 9.17) is 16.7 Å². The SMILES string of the molecule is COC(=O)C[C@H](NC(=O)Nc1ccc(I)cc1Cl)C(=O)O. The zero-order valence-corrected chi connectivity index (χ0v) is 13.8. The van der Waals surface area contributed by atoms with Crippen molar-refractivity contribution in [2.45, 2.75) is 12.5 Å². The van der Waals surface area contributed by atoms with Crippen LogP contribution < -0.4 is 10.6 Å². The summed E-state index contributed by atoms with van der Waals surface area (Å²) in [6.45, 7) is 0. The molecule has 0 aliphatic carbocycles. The number of carboxylic acids is 1. The zero-order valence-electron chi connectivity index (χ0n) is 10.9. The van der Waals surface area contributed by atoms with Crippen molar-refractivity contribution in [3.8, 4) is 0 Å². The van der Waals surface area contributed by atoms with Gasteiger partial charge in [-0.25, -0.2) is 9.59 Å². The van der Waals surface area contributed by atoms with Crippen molar-refractivity contribution in [1.82, 2.24) is 5.32 Å². The third-order valence-corrected chi connectivity index (χ3v) is 3.36. The average Bonchev–Trinajstić information content (AvgIpc) is 2.40. The molecule has 7 nitrogen and oxygen atoms in total. The lowest BCUT2D eigenvalue weighted by atomic mass is 10.2. The monoisotopic (exact) mass is 426 g/mol. The number of carboxylic acid groups (broad SMARTS) is 1. The minimum absolute atomic E-state index is 0.317. The first-order chi connectivity index (χ1) is 9.83. The van der Waals surface area contributed by atoms with Crippen LogP contribution in [0.1, 0.15) is 6.42 Å². The van der Waals surface area contributed by atoms with Gasteiger partial charge in [-0.05, 0) is 40.8 Å². The molecule has 1 atom stereocenters. The summed E-state index contributed by atoms with van der Waals surface area (Å²) in [7, 11) is 1.13. The molecule has 114 valence electrons. The Balaban J connectivity index is 2.69. The fraction of sp³-hybridized carbons (Fsp3) is 0.250. The van der Waals surface area contributed by atoms with Gasteiger partial charge in [-0.1, -0.05) is 11.6 Å². The first-order valence-corrected chi connectivity index (χ1v) is 7.11. The Morgan fingerprint density at radius 3 is 2.62 bits per heavy atom. The predicted molar refractivity (Wildman–Crippen MR) is 84.4 cm³/mol. The lowest BCUT2D eigenvalue weighted by Gasteiger charge is -2.14. The summed E-state index contributed by atoms with van der Waals surface area (Å²) < 4.78 is 5.25. The van der Waals surface area contributed by atoms with Crippen LogP contribution in [0.5, 0.6) is 0 Å². The van der Waals surface area contributed by atoms with Crippen LogP contribution in [-0.2, 0) is 14.3 Å². The molecule has 1 rings (SSSR count). The van der Waals surface area contributed by atoms with Crippen molar-refractivity contribution < 1.29 is 24.2 Å².